The number of aliphatic hydroxyl groups excluding tert-OH is 1. The van der Waals surface area contributed by atoms with Crippen molar-refractivity contribution in [3.8, 4) is 0 Å². The summed E-state index contributed by atoms with van der Waals surface area (Å²) in [5.41, 5.74) is 2.39. The van der Waals surface area contributed by atoms with Crippen molar-refractivity contribution in [2.75, 3.05) is 6.61 Å². The van der Waals surface area contributed by atoms with E-state index in [1.165, 1.54) is 0 Å². The van der Waals surface area contributed by atoms with Crippen LogP contribution in [0, 0.1) is 28.6 Å². The summed E-state index contributed by atoms with van der Waals surface area (Å²) in [4.78, 5) is 26.6. The molecule has 5 nitrogen and oxygen atoms in total. The Morgan fingerprint density at radius 3 is 2.56 bits per heavy atom. The summed E-state index contributed by atoms with van der Waals surface area (Å²) in [5.74, 6) is 0.656. The molecule has 34 heavy (non-hydrogen) atoms. The molecule has 1 saturated heterocycles. The van der Waals surface area contributed by atoms with Gasteiger partial charge >= 0.3 is 5.97 Å². The van der Waals surface area contributed by atoms with E-state index in [0.29, 0.717) is 38.2 Å². The molecule has 1 N–H and O–H groups in total. The maximum absolute atomic E-state index is 13.8. The number of Topliss-reactive ketones (excluding diaryl/α,β-unsaturated/α-hetero) is 1. The van der Waals surface area contributed by atoms with Gasteiger partial charge in [-0.2, -0.15) is 0 Å². The molecule has 1 aromatic rings. The first-order valence-electron chi connectivity index (χ1n) is 12.9. The lowest BCUT2D eigenvalue weighted by Gasteiger charge is -2.59. The van der Waals surface area contributed by atoms with Crippen LogP contribution < -0.4 is 0 Å². The SMILES string of the molecule is CC1=C2CC(=O)C3(C)C(O)CC4OCC4C3CC(CC1OC(=O)CCc1ccccc1)C2(C)C. The van der Waals surface area contributed by atoms with Crippen molar-refractivity contribution < 1.29 is 24.2 Å². The molecule has 184 valence electrons. The van der Waals surface area contributed by atoms with Crippen LogP contribution >= 0.6 is 0 Å². The number of hydrogen-bond donors (Lipinski definition) is 1. The lowest BCUT2D eigenvalue weighted by atomic mass is 9.49. The van der Waals surface area contributed by atoms with Gasteiger partial charge in [0.2, 0.25) is 0 Å². The zero-order chi connectivity index (χ0) is 24.3. The van der Waals surface area contributed by atoms with Crippen LogP contribution in [0.4, 0.5) is 0 Å². The second-order valence-electron chi connectivity index (χ2n) is 11.8. The molecule has 3 aliphatic carbocycles. The number of ketones is 1. The lowest BCUT2D eigenvalue weighted by molar-refractivity contribution is -0.227. The van der Waals surface area contributed by atoms with Gasteiger partial charge in [-0.1, -0.05) is 49.8 Å². The van der Waals surface area contributed by atoms with E-state index in [-0.39, 0.29) is 41.2 Å². The third-order valence-corrected chi connectivity index (χ3v) is 9.88. The Morgan fingerprint density at radius 1 is 1.15 bits per heavy atom. The highest BCUT2D eigenvalue weighted by Crippen LogP contribution is 2.59. The van der Waals surface area contributed by atoms with Gasteiger partial charge in [0.15, 0.2) is 0 Å². The first kappa shape index (κ1) is 23.7. The Labute approximate surface area is 202 Å². The van der Waals surface area contributed by atoms with Gasteiger partial charge in [0.1, 0.15) is 11.9 Å². The molecule has 7 unspecified atom stereocenters. The fourth-order valence-electron chi connectivity index (χ4n) is 7.27. The number of carbonyl (C=O) groups is 2. The normalized spacial score (nSPS) is 38.7. The van der Waals surface area contributed by atoms with Crippen LogP contribution in [-0.4, -0.2) is 41.8 Å². The van der Waals surface area contributed by atoms with Crippen LogP contribution in [0.15, 0.2) is 41.5 Å². The van der Waals surface area contributed by atoms with E-state index >= 15 is 0 Å². The molecule has 2 saturated carbocycles. The number of carbonyl (C=O) groups excluding carboxylic acids is 2. The Balaban J connectivity index is 1.40. The minimum atomic E-state index is -0.732. The van der Waals surface area contributed by atoms with Gasteiger partial charge in [0.05, 0.1) is 24.2 Å². The summed E-state index contributed by atoms with van der Waals surface area (Å²) in [6.07, 6.45) is 2.64. The molecule has 5 rings (SSSR count). The van der Waals surface area contributed by atoms with Crippen LogP contribution in [0.2, 0.25) is 0 Å². The zero-order valence-electron chi connectivity index (χ0n) is 20.9. The summed E-state index contributed by atoms with van der Waals surface area (Å²) in [5, 5.41) is 11.1. The Hall–Kier alpha value is -1.98. The number of rotatable bonds is 4. The second-order valence-corrected chi connectivity index (χ2v) is 11.8. The summed E-state index contributed by atoms with van der Waals surface area (Å²) >= 11 is 0. The van der Waals surface area contributed by atoms with E-state index in [1.54, 1.807) is 0 Å². The van der Waals surface area contributed by atoms with Gasteiger partial charge in [-0.05, 0) is 61.5 Å². The van der Waals surface area contributed by atoms with Crippen LogP contribution in [0.3, 0.4) is 0 Å². The van der Waals surface area contributed by atoms with Gasteiger partial charge in [-0.25, -0.2) is 0 Å². The van der Waals surface area contributed by atoms with Crippen molar-refractivity contribution in [3.63, 3.8) is 0 Å². The van der Waals surface area contributed by atoms with Crippen molar-refractivity contribution in [1.82, 2.24) is 0 Å². The Morgan fingerprint density at radius 2 is 1.88 bits per heavy atom. The molecule has 4 aliphatic rings. The molecular weight excluding hydrogens is 428 g/mol. The topological polar surface area (TPSA) is 72.8 Å². The minimum absolute atomic E-state index is 0.0652. The Bertz CT molecular complexity index is 995. The van der Waals surface area contributed by atoms with Crippen LogP contribution in [0.25, 0.3) is 0 Å². The molecular formula is C29H38O5. The number of benzene rings is 1. The van der Waals surface area contributed by atoms with Crippen molar-refractivity contribution in [3.05, 3.63) is 47.0 Å². The standard InChI is InChI=1S/C29H38O5/c1-17-21-14-25(30)29(4)22(20-16-33-24(20)15-26(29)31)12-19(28(21,2)3)13-23(17)34-27(32)11-10-18-8-6-5-7-9-18/h5-9,19-20,22-24,26,31H,10-16H2,1-4H3. The number of ether oxygens (including phenoxy) is 2. The van der Waals surface area contributed by atoms with E-state index < -0.39 is 11.5 Å². The summed E-state index contributed by atoms with van der Waals surface area (Å²) in [6.45, 7) is 9.19. The summed E-state index contributed by atoms with van der Waals surface area (Å²) in [6, 6.07) is 10.00. The quantitative estimate of drug-likeness (QED) is 0.516. The lowest BCUT2D eigenvalue weighted by Crippen LogP contribution is -2.63. The van der Waals surface area contributed by atoms with Gasteiger partial charge in [-0.3, -0.25) is 9.59 Å². The average molecular weight is 467 g/mol. The smallest absolute Gasteiger partial charge is 0.306 e. The fourth-order valence-corrected chi connectivity index (χ4v) is 7.27. The van der Waals surface area contributed by atoms with E-state index in [4.69, 9.17) is 9.47 Å². The predicted octanol–water partition coefficient (Wildman–Crippen LogP) is 4.66. The predicted molar refractivity (Wildman–Crippen MR) is 129 cm³/mol. The van der Waals surface area contributed by atoms with E-state index in [9.17, 15) is 14.7 Å². The molecule has 0 aromatic heterocycles. The largest absolute Gasteiger partial charge is 0.458 e. The monoisotopic (exact) mass is 466 g/mol. The van der Waals surface area contributed by atoms with Crippen molar-refractivity contribution in [2.45, 2.75) is 84.5 Å². The van der Waals surface area contributed by atoms with Gasteiger partial charge < -0.3 is 14.6 Å². The number of hydrogen-bond acceptors (Lipinski definition) is 5. The molecule has 5 heteroatoms. The molecule has 1 aliphatic heterocycles. The molecule has 0 radical (unpaired) electrons. The molecule has 0 spiro atoms. The maximum atomic E-state index is 13.8. The number of aliphatic hydroxyl groups is 1. The van der Waals surface area contributed by atoms with Crippen LogP contribution in [0.5, 0.6) is 0 Å². The third kappa shape index (κ3) is 3.76. The van der Waals surface area contributed by atoms with E-state index in [0.717, 1.165) is 29.6 Å². The van der Waals surface area contributed by atoms with E-state index in [2.05, 4.69) is 13.8 Å². The molecule has 3 fully saturated rings. The molecule has 0 amide bonds. The molecule has 7 atom stereocenters. The number of aryl methyl sites for hydroxylation is 1. The van der Waals surface area contributed by atoms with Gasteiger partial charge in [0.25, 0.3) is 0 Å². The average Bonchev–Trinajstić information content (AvgIpc) is 2.79. The molecule has 1 aromatic carbocycles. The van der Waals surface area contributed by atoms with Crippen LogP contribution in [-0.2, 0) is 25.5 Å². The van der Waals surface area contributed by atoms with Crippen LogP contribution in [0.1, 0.15) is 65.4 Å². The molecule has 1 heterocycles. The number of esters is 1. The first-order valence-corrected chi connectivity index (χ1v) is 12.9. The third-order valence-electron chi connectivity index (χ3n) is 9.88. The summed E-state index contributed by atoms with van der Waals surface area (Å²) in [7, 11) is 0. The van der Waals surface area contributed by atoms with Gasteiger partial charge in [-0.15, -0.1) is 0 Å². The highest BCUT2D eigenvalue weighted by molar-refractivity contribution is 5.88. The van der Waals surface area contributed by atoms with E-state index in [1.807, 2.05) is 44.2 Å². The summed E-state index contributed by atoms with van der Waals surface area (Å²) < 4.78 is 11.8. The van der Waals surface area contributed by atoms with Crippen molar-refractivity contribution >= 4 is 11.8 Å². The fraction of sp³-hybridized carbons (Fsp3) is 0.655. The number of fused-ring (bicyclic) bond motifs is 5. The highest BCUT2D eigenvalue weighted by Gasteiger charge is 2.61. The minimum Gasteiger partial charge on any atom is -0.458 e. The first-order chi connectivity index (χ1) is 16.1. The Kier molecular flexibility index (Phi) is 6.01. The van der Waals surface area contributed by atoms with Gasteiger partial charge in [0, 0.05) is 25.2 Å². The van der Waals surface area contributed by atoms with Crippen molar-refractivity contribution in [1.29, 1.82) is 0 Å². The van der Waals surface area contributed by atoms with Crippen molar-refractivity contribution in [2.24, 2.45) is 28.6 Å². The maximum Gasteiger partial charge on any atom is 0.306 e. The zero-order valence-corrected chi connectivity index (χ0v) is 20.9. The number of allylic oxidation sites excluding steroid dienone is 1. The highest BCUT2D eigenvalue weighted by atomic mass is 16.5. The second kappa shape index (κ2) is 8.60. The molecule has 2 bridgehead atoms.